The molecule has 0 saturated carbocycles. The van der Waals surface area contributed by atoms with E-state index in [0.717, 1.165) is 0 Å². The first-order valence-electron chi connectivity index (χ1n) is 8.68. The highest BCUT2D eigenvalue weighted by Gasteiger charge is 2.14. The van der Waals surface area contributed by atoms with Gasteiger partial charge in [0.25, 0.3) is 5.91 Å². The third kappa shape index (κ3) is 5.51. The van der Waals surface area contributed by atoms with Crippen molar-refractivity contribution in [3.8, 4) is 23.3 Å². The van der Waals surface area contributed by atoms with Crippen molar-refractivity contribution in [3.05, 3.63) is 52.0 Å². The average molecular weight is 445 g/mol. The van der Waals surface area contributed by atoms with Crippen molar-refractivity contribution in [2.75, 3.05) is 25.6 Å². The number of nitriles is 1. The van der Waals surface area contributed by atoms with Gasteiger partial charge in [-0.15, -0.1) is 0 Å². The molecule has 0 aromatic heterocycles. The zero-order valence-electron chi connectivity index (χ0n) is 15.9. The average Bonchev–Trinajstić information content (AvgIpc) is 2.68. The lowest BCUT2D eigenvalue weighted by Gasteiger charge is -2.12. The van der Waals surface area contributed by atoms with E-state index in [0.29, 0.717) is 46.2 Å². The van der Waals surface area contributed by atoms with E-state index in [4.69, 9.17) is 14.2 Å². The molecule has 0 spiro atoms. The first-order chi connectivity index (χ1) is 13.5. The molecule has 1 amide bonds. The Morgan fingerprint density at radius 2 is 1.96 bits per heavy atom. The van der Waals surface area contributed by atoms with Crippen molar-refractivity contribution in [3.63, 3.8) is 0 Å². The van der Waals surface area contributed by atoms with E-state index >= 15 is 0 Å². The van der Waals surface area contributed by atoms with Crippen LogP contribution in [-0.4, -0.2) is 26.2 Å². The minimum atomic E-state index is -0.514. The van der Waals surface area contributed by atoms with Gasteiger partial charge in [0, 0.05) is 11.8 Å². The van der Waals surface area contributed by atoms with Gasteiger partial charge in [0.1, 0.15) is 17.4 Å². The Morgan fingerprint density at radius 3 is 2.61 bits per heavy atom. The Hall–Kier alpha value is -2.98. The second-order valence-electron chi connectivity index (χ2n) is 5.55. The smallest absolute Gasteiger partial charge is 0.266 e. The summed E-state index contributed by atoms with van der Waals surface area (Å²) in [6.07, 6.45) is 1.49. The van der Waals surface area contributed by atoms with Crippen molar-refractivity contribution in [2.45, 2.75) is 13.8 Å². The molecule has 6 nitrogen and oxygen atoms in total. The molecule has 146 valence electrons. The van der Waals surface area contributed by atoms with Crippen molar-refractivity contribution in [1.29, 1.82) is 5.26 Å². The largest absolute Gasteiger partial charge is 0.494 e. The summed E-state index contributed by atoms with van der Waals surface area (Å²) in [4.78, 5) is 12.5. The molecule has 28 heavy (non-hydrogen) atoms. The number of halogens is 1. The molecular weight excluding hydrogens is 424 g/mol. The number of methoxy groups -OCH3 is 1. The van der Waals surface area contributed by atoms with Crippen LogP contribution < -0.4 is 19.5 Å². The monoisotopic (exact) mass is 444 g/mol. The van der Waals surface area contributed by atoms with E-state index in [1.165, 1.54) is 13.2 Å². The maximum Gasteiger partial charge on any atom is 0.266 e. The number of hydrogen-bond acceptors (Lipinski definition) is 5. The Balaban J connectivity index is 2.28. The lowest BCUT2D eigenvalue weighted by molar-refractivity contribution is -0.112. The number of hydrogen-bond donors (Lipinski definition) is 1. The van der Waals surface area contributed by atoms with Crippen molar-refractivity contribution in [1.82, 2.24) is 0 Å². The summed E-state index contributed by atoms with van der Waals surface area (Å²) in [5.41, 5.74) is 1.13. The van der Waals surface area contributed by atoms with Crippen LogP contribution >= 0.6 is 15.9 Å². The molecule has 0 unspecified atom stereocenters. The molecule has 0 aliphatic heterocycles. The highest BCUT2D eigenvalue weighted by molar-refractivity contribution is 9.10. The maximum absolute atomic E-state index is 12.5. The van der Waals surface area contributed by atoms with E-state index in [1.807, 2.05) is 19.9 Å². The maximum atomic E-state index is 12.5. The lowest BCUT2D eigenvalue weighted by Crippen LogP contribution is -2.13. The van der Waals surface area contributed by atoms with Gasteiger partial charge in [-0.05, 0) is 65.7 Å². The topological polar surface area (TPSA) is 80.6 Å². The van der Waals surface area contributed by atoms with E-state index in [1.54, 1.807) is 36.4 Å². The molecular formula is C21H21BrN2O4. The number of rotatable bonds is 8. The summed E-state index contributed by atoms with van der Waals surface area (Å²) in [5.74, 6) is 1.20. The molecule has 2 rings (SSSR count). The van der Waals surface area contributed by atoms with Crippen LogP contribution in [0.3, 0.4) is 0 Å². The Labute approximate surface area is 172 Å². The van der Waals surface area contributed by atoms with Crippen LogP contribution in [0.5, 0.6) is 17.2 Å². The standard InChI is InChI=1S/C21H21BrN2O4/c1-4-27-17-8-6-7-16(12-17)24-21(25)15(13-23)9-14-10-18(22)20(28-5-2)19(11-14)26-3/h6-12H,4-5H2,1-3H3,(H,24,25)/b15-9+. The van der Waals surface area contributed by atoms with Crippen LogP contribution in [0, 0.1) is 11.3 Å². The van der Waals surface area contributed by atoms with Crippen LogP contribution in [0.25, 0.3) is 6.08 Å². The van der Waals surface area contributed by atoms with Gasteiger partial charge in [-0.3, -0.25) is 4.79 Å². The van der Waals surface area contributed by atoms with Gasteiger partial charge in [-0.25, -0.2) is 0 Å². The number of nitrogens with one attached hydrogen (secondary N) is 1. The van der Waals surface area contributed by atoms with Gasteiger partial charge >= 0.3 is 0 Å². The molecule has 0 bridgehead atoms. The van der Waals surface area contributed by atoms with Gasteiger partial charge in [0.15, 0.2) is 11.5 Å². The van der Waals surface area contributed by atoms with Gasteiger partial charge in [0.2, 0.25) is 0 Å². The molecule has 0 aliphatic rings. The third-order valence-electron chi connectivity index (χ3n) is 3.62. The number of benzene rings is 2. The van der Waals surface area contributed by atoms with Gasteiger partial charge in [-0.1, -0.05) is 6.07 Å². The molecule has 0 heterocycles. The fraction of sp³-hybridized carbons (Fsp3) is 0.238. The predicted molar refractivity (Wildman–Crippen MR) is 112 cm³/mol. The number of carbonyl (C=O) groups is 1. The van der Waals surface area contributed by atoms with Crippen molar-refractivity contribution < 1.29 is 19.0 Å². The Morgan fingerprint density at radius 1 is 1.21 bits per heavy atom. The van der Waals surface area contributed by atoms with Gasteiger partial charge in [-0.2, -0.15) is 5.26 Å². The normalized spacial score (nSPS) is 10.8. The number of amides is 1. The van der Waals surface area contributed by atoms with Gasteiger partial charge < -0.3 is 19.5 Å². The summed E-state index contributed by atoms with van der Waals surface area (Å²) >= 11 is 3.43. The Kier molecular flexibility index (Phi) is 7.90. The quantitative estimate of drug-likeness (QED) is 0.467. The van der Waals surface area contributed by atoms with Crippen molar-refractivity contribution >= 4 is 33.6 Å². The van der Waals surface area contributed by atoms with Crippen molar-refractivity contribution in [2.24, 2.45) is 0 Å². The third-order valence-corrected chi connectivity index (χ3v) is 4.21. The highest BCUT2D eigenvalue weighted by atomic mass is 79.9. The molecule has 0 saturated heterocycles. The van der Waals surface area contributed by atoms with Crippen LogP contribution in [0.1, 0.15) is 19.4 Å². The summed E-state index contributed by atoms with van der Waals surface area (Å²) in [6, 6.07) is 12.4. The number of carbonyl (C=O) groups excluding carboxylic acids is 1. The minimum absolute atomic E-state index is 0.0417. The van der Waals surface area contributed by atoms with E-state index < -0.39 is 5.91 Å². The Bertz CT molecular complexity index is 919. The summed E-state index contributed by atoms with van der Waals surface area (Å²) < 4.78 is 17.0. The molecule has 2 aromatic carbocycles. The van der Waals surface area contributed by atoms with Crippen LogP contribution in [0.15, 0.2) is 46.4 Å². The zero-order chi connectivity index (χ0) is 20.5. The SMILES string of the molecule is CCOc1cccc(NC(=O)/C(C#N)=C/c2cc(Br)c(OCC)c(OC)c2)c1. The predicted octanol–water partition coefficient (Wildman–Crippen LogP) is 4.80. The molecule has 7 heteroatoms. The molecule has 2 aromatic rings. The zero-order valence-corrected chi connectivity index (χ0v) is 17.5. The molecule has 0 aliphatic carbocycles. The summed E-state index contributed by atoms with van der Waals surface area (Å²) in [6.45, 7) is 4.76. The fourth-order valence-electron chi connectivity index (χ4n) is 2.45. The second-order valence-corrected chi connectivity index (χ2v) is 6.41. The number of ether oxygens (including phenoxy) is 3. The fourth-order valence-corrected chi connectivity index (χ4v) is 3.03. The van der Waals surface area contributed by atoms with E-state index in [2.05, 4.69) is 21.2 Å². The first-order valence-corrected chi connectivity index (χ1v) is 9.48. The molecule has 0 atom stereocenters. The summed E-state index contributed by atoms with van der Waals surface area (Å²) in [5, 5.41) is 12.1. The van der Waals surface area contributed by atoms with E-state index in [9.17, 15) is 10.1 Å². The van der Waals surface area contributed by atoms with Crippen LogP contribution in [0.4, 0.5) is 5.69 Å². The molecule has 0 fully saturated rings. The first kappa shape index (κ1) is 21.3. The minimum Gasteiger partial charge on any atom is -0.494 e. The molecule has 0 radical (unpaired) electrons. The van der Waals surface area contributed by atoms with Crippen LogP contribution in [-0.2, 0) is 4.79 Å². The number of nitrogens with zero attached hydrogens (tertiary/aromatic N) is 1. The lowest BCUT2D eigenvalue weighted by atomic mass is 10.1. The van der Waals surface area contributed by atoms with E-state index in [-0.39, 0.29) is 5.57 Å². The van der Waals surface area contributed by atoms with Crippen LogP contribution in [0.2, 0.25) is 0 Å². The highest BCUT2D eigenvalue weighted by Crippen LogP contribution is 2.37. The van der Waals surface area contributed by atoms with Gasteiger partial charge in [0.05, 0.1) is 24.8 Å². The summed E-state index contributed by atoms with van der Waals surface area (Å²) in [7, 11) is 1.53. The molecule has 1 N–H and O–H groups in total. The second kappa shape index (κ2) is 10.4. The number of anilines is 1.